The zero-order valence-electron chi connectivity index (χ0n) is 20.3. The van der Waals surface area contributed by atoms with Gasteiger partial charge in [-0.05, 0) is 61.6 Å². The van der Waals surface area contributed by atoms with Crippen LogP contribution in [0.4, 0.5) is 11.4 Å². The van der Waals surface area contributed by atoms with E-state index in [0.29, 0.717) is 17.5 Å². The predicted molar refractivity (Wildman–Crippen MR) is 140 cm³/mol. The van der Waals surface area contributed by atoms with Crippen LogP contribution in [0.1, 0.15) is 36.5 Å². The molecule has 2 aliphatic heterocycles. The predicted octanol–water partition coefficient (Wildman–Crippen LogP) is 3.93. The fourth-order valence-electron chi connectivity index (χ4n) is 5.89. The van der Waals surface area contributed by atoms with Gasteiger partial charge in [0.2, 0.25) is 0 Å². The van der Waals surface area contributed by atoms with E-state index in [2.05, 4.69) is 51.2 Å². The lowest BCUT2D eigenvalue weighted by Crippen LogP contribution is -2.50. The van der Waals surface area contributed by atoms with Gasteiger partial charge in [-0.1, -0.05) is 31.2 Å². The number of benzene rings is 2. The highest BCUT2D eigenvalue weighted by atomic mass is 16.3. The highest BCUT2D eigenvalue weighted by Gasteiger charge is 2.27. The minimum atomic E-state index is 0.332. The van der Waals surface area contributed by atoms with Crippen LogP contribution in [0.15, 0.2) is 36.4 Å². The molecule has 2 heterocycles. The monoisotopic (exact) mass is 462 g/mol. The third-order valence-electron chi connectivity index (χ3n) is 7.76. The van der Waals surface area contributed by atoms with Gasteiger partial charge in [-0.2, -0.15) is 0 Å². The molecular formula is C28H38N4O2. The zero-order valence-corrected chi connectivity index (χ0v) is 20.3. The van der Waals surface area contributed by atoms with Crippen molar-refractivity contribution in [3.05, 3.63) is 53.1 Å². The smallest absolute Gasteiger partial charge is 0.139 e. The van der Waals surface area contributed by atoms with Gasteiger partial charge in [0.15, 0.2) is 0 Å². The molecule has 5 rings (SSSR count). The Hall–Kier alpha value is -2.70. The van der Waals surface area contributed by atoms with E-state index in [1.165, 1.54) is 17.7 Å². The van der Waals surface area contributed by atoms with Crippen LogP contribution in [0, 0.1) is 0 Å². The van der Waals surface area contributed by atoms with Crippen molar-refractivity contribution in [2.75, 3.05) is 62.6 Å². The molecule has 3 aliphatic rings. The number of anilines is 2. The van der Waals surface area contributed by atoms with Crippen molar-refractivity contribution in [1.82, 2.24) is 9.80 Å². The molecule has 0 bridgehead atoms. The van der Waals surface area contributed by atoms with Crippen LogP contribution in [-0.4, -0.2) is 78.4 Å². The number of piperazine rings is 1. The molecule has 6 nitrogen and oxygen atoms in total. The van der Waals surface area contributed by atoms with Crippen molar-refractivity contribution in [3.8, 4) is 11.5 Å². The molecule has 1 atom stereocenters. The number of aromatic hydroxyl groups is 2. The van der Waals surface area contributed by atoms with Crippen molar-refractivity contribution in [2.45, 2.75) is 38.6 Å². The molecule has 0 spiro atoms. The standard InChI is InChI=1S/C28H38N4O2/c1-2-13-31(22-8-9-23-21(20-22)5-3-7-26(23)33)17-14-30-15-18-32(19-16-30)25-10-11-27(34)28-24(25)6-4-12-29-28/h3-7,10-11,22,29,33-34H,2,8-9,12-20H2,1H3. The third kappa shape index (κ3) is 4.75. The topological polar surface area (TPSA) is 62.2 Å². The molecule has 0 saturated carbocycles. The molecule has 1 unspecified atom stereocenters. The Labute approximate surface area is 203 Å². The average molecular weight is 463 g/mol. The lowest BCUT2D eigenvalue weighted by atomic mass is 9.87. The first-order valence-corrected chi connectivity index (χ1v) is 12.9. The van der Waals surface area contributed by atoms with E-state index in [4.69, 9.17) is 0 Å². The van der Waals surface area contributed by atoms with Gasteiger partial charge in [0.05, 0.1) is 5.69 Å². The molecular weight excluding hydrogens is 424 g/mol. The Morgan fingerprint density at radius 2 is 1.88 bits per heavy atom. The SMILES string of the molecule is CCCN(CCN1CCN(c2ccc(O)c3c2C=CCN3)CC1)C1CCc2c(O)cccc2C1. The van der Waals surface area contributed by atoms with E-state index in [9.17, 15) is 10.2 Å². The summed E-state index contributed by atoms with van der Waals surface area (Å²) in [4.78, 5) is 7.75. The highest BCUT2D eigenvalue weighted by molar-refractivity contribution is 5.84. The summed E-state index contributed by atoms with van der Waals surface area (Å²) < 4.78 is 0. The van der Waals surface area contributed by atoms with Gasteiger partial charge in [-0.25, -0.2) is 0 Å². The van der Waals surface area contributed by atoms with Crippen LogP contribution in [0.2, 0.25) is 0 Å². The van der Waals surface area contributed by atoms with Crippen LogP contribution in [0.25, 0.3) is 6.08 Å². The van der Waals surface area contributed by atoms with E-state index >= 15 is 0 Å². The summed E-state index contributed by atoms with van der Waals surface area (Å²) in [5.74, 6) is 0.801. The van der Waals surface area contributed by atoms with Gasteiger partial charge in [-0.3, -0.25) is 9.80 Å². The lowest BCUT2D eigenvalue weighted by molar-refractivity contribution is 0.145. The average Bonchev–Trinajstić information content (AvgIpc) is 2.87. The minimum absolute atomic E-state index is 0.332. The van der Waals surface area contributed by atoms with Gasteiger partial charge in [-0.15, -0.1) is 0 Å². The van der Waals surface area contributed by atoms with Crippen LogP contribution >= 0.6 is 0 Å². The van der Waals surface area contributed by atoms with Crippen LogP contribution in [-0.2, 0) is 12.8 Å². The summed E-state index contributed by atoms with van der Waals surface area (Å²) in [5, 5.41) is 23.7. The van der Waals surface area contributed by atoms with Crippen LogP contribution in [0.5, 0.6) is 11.5 Å². The molecule has 0 radical (unpaired) electrons. The third-order valence-corrected chi connectivity index (χ3v) is 7.76. The van der Waals surface area contributed by atoms with E-state index in [1.807, 2.05) is 18.2 Å². The van der Waals surface area contributed by atoms with Gasteiger partial charge in [0.25, 0.3) is 0 Å². The first-order valence-electron chi connectivity index (χ1n) is 12.9. The van der Waals surface area contributed by atoms with Crippen LogP contribution < -0.4 is 10.2 Å². The number of phenolic OH excluding ortho intramolecular Hbond substituents is 2. The summed E-state index contributed by atoms with van der Waals surface area (Å²) in [6.07, 6.45) is 8.58. The number of nitrogens with one attached hydrogen (secondary N) is 1. The molecule has 2 aromatic carbocycles. The van der Waals surface area contributed by atoms with Gasteiger partial charge >= 0.3 is 0 Å². The molecule has 0 amide bonds. The Bertz CT molecular complexity index is 1030. The molecule has 34 heavy (non-hydrogen) atoms. The molecule has 6 heteroatoms. The molecule has 1 saturated heterocycles. The Morgan fingerprint density at radius 1 is 1.03 bits per heavy atom. The first kappa shape index (κ1) is 23.1. The van der Waals surface area contributed by atoms with E-state index < -0.39 is 0 Å². The molecule has 1 aliphatic carbocycles. The fourth-order valence-corrected chi connectivity index (χ4v) is 5.89. The molecule has 1 fully saturated rings. The number of nitrogens with zero attached hydrogens (tertiary/aromatic N) is 3. The van der Waals surface area contributed by atoms with E-state index in [-0.39, 0.29) is 0 Å². The summed E-state index contributed by atoms with van der Waals surface area (Å²) >= 11 is 0. The Morgan fingerprint density at radius 3 is 2.71 bits per heavy atom. The molecule has 0 aromatic heterocycles. The van der Waals surface area contributed by atoms with E-state index in [1.54, 1.807) is 0 Å². The second-order valence-electron chi connectivity index (χ2n) is 9.85. The van der Waals surface area contributed by atoms with Crippen molar-refractivity contribution in [1.29, 1.82) is 0 Å². The number of hydrogen-bond acceptors (Lipinski definition) is 6. The van der Waals surface area contributed by atoms with E-state index in [0.717, 1.165) is 88.4 Å². The summed E-state index contributed by atoms with van der Waals surface area (Å²) in [6.45, 7) is 10.5. The maximum atomic E-state index is 10.2. The lowest BCUT2D eigenvalue weighted by Gasteiger charge is -2.40. The van der Waals surface area contributed by atoms with Crippen molar-refractivity contribution < 1.29 is 10.2 Å². The van der Waals surface area contributed by atoms with Crippen molar-refractivity contribution in [2.24, 2.45) is 0 Å². The summed E-state index contributed by atoms with van der Waals surface area (Å²) in [6, 6.07) is 10.4. The molecule has 2 aromatic rings. The summed E-state index contributed by atoms with van der Waals surface area (Å²) in [7, 11) is 0. The number of phenols is 2. The van der Waals surface area contributed by atoms with Crippen LogP contribution in [0.3, 0.4) is 0 Å². The van der Waals surface area contributed by atoms with Gasteiger partial charge < -0.3 is 20.4 Å². The maximum absolute atomic E-state index is 10.2. The highest BCUT2D eigenvalue weighted by Crippen LogP contribution is 2.38. The summed E-state index contributed by atoms with van der Waals surface area (Å²) in [5.41, 5.74) is 5.67. The first-order chi connectivity index (χ1) is 16.6. The minimum Gasteiger partial charge on any atom is -0.508 e. The second-order valence-corrected chi connectivity index (χ2v) is 9.85. The normalized spacial score (nSPS) is 20.2. The number of fused-ring (bicyclic) bond motifs is 2. The van der Waals surface area contributed by atoms with Crippen molar-refractivity contribution >= 4 is 17.5 Å². The Balaban J connectivity index is 1.17. The number of rotatable bonds is 7. The fraction of sp³-hybridized carbons (Fsp3) is 0.500. The second kappa shape index (κ2) is 10.3. The quantitative estimate of drug-likeness (QED) is 0.542. The van der Waals surface area contributed by atoms with Gasteiger partial charge in [0.1, 0.15) is 11.5 Å². The molecule has 182 valence electrons. The molecule has 3 N–H and O–H groups in total. The maximum Gasteiger partial charge on any atom is 0.139 e. The van der Waals surface area contributed by atoms with Crippen molar-refractivity contribution in [3.63, 3.8) is 0 Å². The largest absolute Gasteiger partial charge is 0.508 e. The van der Waals surface area contributed by atoms with Gasteiger partial charge in [0, 0.05) is 63.1 Å². The zero-order chi connectivity index (χ0) is 23.5. The number of hydrogen-bond donors (Lipinski definition) is 3. The Kier molecular flexibility index (Phi) is 6.97.